The van der Waals surface area contributed by atoms with Gasteiger partial charge in [0.05, 0.1) is 0 Å². The zero-order valence-electron chi connectivity index (χ0n) is 13.4. The van der Waals surface area contributed by atoms with Crippen LogP contribution in [0.1, 0.15) is 54.4 Å². The Kier molecular flexibility index (Phi) is 8.61. The lowest BCUT2D eigenvalue weighted by molar-refractivity contribution is -0.252. The molecule has 20 heavy (non-hydrogen) atoms. The second-order valence-electron chi connectivity index (χ2n) is 5.32. The van der Waals surface area contributed by atoms with Crippen molar-refractivity contribution < 1.29 is 19.4 Å². The molecular formula is C16H26O4. The van der Waals surface area contributed by atoms with Crippen molar-refractivity contribution in [1.82, 2.24) is 0 Å². The van der Waals surface area contributed by atoms with Gasteiger partial charge in [0, 0.05) is 11.1 Å². The van der Waals surface area contributed by atoms with Crippen LogP contribution in [0.4, 0.5) is 0 Å². The molecule has 0 N–H and O–H groups in total. The van der Waals surface area contributed by atoms with Gasteiger partial charge >= 0.3 is 11.9 Å². The number of hydrogen-bond donors (Lipinski definition) is 0. The molecule has 0 amide bonds. The highest BCUT2D eigenvalue weighted by atomic mass is 17.2. The minimum Gasteiger partial charge on any atom is -0.242 e. The van der Waals surface area contributed by atoms with Crippen LogP contribution >= 0.6 is 0 Å². The Morgan fingerprint density at radius 3 is 1.30 bits per heavy atom. The summed E-state index contributed by atoms with van der Waals surface area (Å²) >= 11 is 0. The fourth-order valence-electron chi connectivity index (χ4n) is 1.65. The molecule has 114 valence electrons. The van der Waals surface area contributed by atoms with E-state index in [4.69, 9.17) is 0 Å². The maximum absolute atomic E-state index is 11.8. The maximum Gasteiger partial charge on any atom is 0.382 e. The summed E-state index contributed by atoms with van der Waals surface area (Å²) in [4.78, 5) is 32.8. The van der Waals surface area contributed by atoms with Crippen molar-refractivity contribution in [3.63, 3.8) is 0 Å². The first kappa shape index (κ1) is 18.4. The van der Waals surface area contributed by atoms with Gasteiger partial charge in [-0.15, -0.1) is 0 Å². The van der Waals surface area contributed by atoms with Crippen LogP contribution in [0.2, 0.25) is 0 Å². The molecule has 0 aliphatic rings. The van der Waals surface area contributed by atoms with E-state index in [0.29, 0.717) is 24.0 Å². The van der Waals surface area contributed by atoms with Crippen molar-refractivity contribution in [2.45, 2.75) is 54.4 Å². The normalized spacial score (nSPS) is 12.8. The molecular weight excluding hydrogens is 256 g/mol. The van der Waals surface area contributed by atoms with Gasteiger partial charge in [-0.05, 0) is 24.7 Å². The fraction of sp³-hybridized carbons (Fsp3) is 0.625. The van der Waals surface area contributed by atoms with Crippen LogP contribution in [0, 0.1) is 11.8 Å². The van der Waals surface area contributed by atoms with Gasteiger partial charge in [0.1, 0.15) is 0 Å². The molecule has 0 aromatic rings. The average Bonchev–Trinajstić information content (AvgIpc) is 2.38. The Bertz CT molecular complexity index is 351. The Morgan fingerprint density at radius 2 is 1.10 bits per heavy atom. The zero-order valence-corrected chi connectivity index (χ0v) is 13.4. The van der Waals surface area contributed by atoms with E-state index in [1.54, 1.807) is 12.2 Å². The summed E-state index contributed by atoms with van der Waals surface area (Å²) < 4.78 is 0. The molecule has 4 heteroatoms. The van der Waals surface area contributed by atoms with Gasteiger partial charge in [-0.3, -0.25) is 0 Å². The highest BCUT2D eigenvalue weighted by Crippen LogP contribution is 2.12. The molecule has 0 bridgehead atoms. The standard InChI is InChI=1S/C16H26O4/c1-7-13(9-11(3)4)15(17)19-20-16(18)14(8-2)10-12(5)6/h9-12H,7-8H2,1-6H3/b13-9+,14-10+. The Morgan fingerprint density at radius 1 is 0.800 bits per heavy atom. The van der Waals surface area contributed by atoms with E-state index in [0.717, 1.165) is 0 Å². The molecule has 0 fully saturated rings. The third-order valence-corrected chi connectivity index (χ3v) is 2.55. The molecule has 0 aliphatic carbocycles. The number of allylic oxidation sites excluding steroid dienone is 2. The first-order valence-electron chi connectivity index (χ1n) is 7.16. The van der Waals surface area contributed by atoms with Crippen molar-refractivity contribution >= 4 is 11.9 Å². The summed E-state index contributed by atoms with van der Waals surface area (Å²) in [6, 6.07) is 0. The van der Waals surface area contributed by atoms with E-state index in [1.165, 1.54) is 0 Å². The molecule has 0 rings (SSSR count). The summed E-state index contributed by atoms with van der Waals surface area (Å²) in [5.74, 6) is -0.732. The molecule has 0 radical (unpaired) electrons. The van der Waals surface area contributed by atoms with E-state index in [9.17, 15) is 9.59 Å². The zero-order chi connectivity index (χ0) is 15.7. The fourth-order valence-corrected chi connectivity index (χ4v) is 1.65. The Hall–Kier alpha value is -1.58. The third-order valence-electron chi connectivity index (χ3n) is 2.55. The minimum atomic E-state index is -0.602. The molecule has 4 nitrogen and oxygen atoms in total. The van der Waals surface area contributed by atoms with E-state index in [1.807, 2.05) is 41.5 Å². The summed E-state index contributed by atoms with van der Waals surface area (Å²) in [6.07, 6.45) is 4.69. The van der Waals surface area contributed by atoms with Crippen molar-refractivity contribution in [3.05, 3.63) is 23.3 Å². The molecule has 0 saturated heterocycles. The number of hydrogen-bond acceptors (Lipinski definition) is 4. The highest BCUT2D eigenvalue weighted by molar-refractivity contribution is 5.91. The predicted octanol–water partition coefficient (Wildman–Crippen LogP) is 3.97. The van der Waals surface area contributed by atoms with E-state index in [2.05, 4.69) is 9.78 Å². The smallest absolute Gasteiger partial charge is 0.242 e. The van der Waals surface area contributed by atoms with Crippen molar-refractivity contribution in [2.24, 2.45) is 11.8 Å². The second-order valence-corrected chi connectivity index (χ2v) is 5.32. The molecule has 0 heterocycles. The van der Waals surface area contributed by atoms with Crippen LogP contribution in [0.15, 0.2) is 23.3 Å². The van der Waals surface area contributed by atoms with Crippen LogP contribution in [-0.4, -0.2) is 11.9 Å². The molecule has 0 aromatic carbocycles. The van der Waals surface area contributed by atoms with Gasteiger partial charge in [0.25, 0.3) is 0 Å². The second kappa shape index (κ2) is 9.34. The lowest BCUT2D eigenvalue weighted by atomic mass is 10.1. The largest absolute Gasteiger partial charge is 0.382 e. The summed E-state index contributed by atoms with van der Waals surface area (Å²) in [5, 5.41) is 0. The molecule has 0 aliphatic heterocycles. The summed E-state index contributed by atoms with van der Waals surface area (Å²) in [7, 11) is 0. The maximum atomic E-state index is 11.8. The van der Waals surface area contributed by atoms with Crippen molar-refractivity contribution in [3.8, 4) is 0 Å². The minimum absolute atomic E-state index is 0.236. The van der Waals surface area contributed by atoms with Gasteiger partial charge in [-0.1, -0.05) is 53.7 Å². The summed E-state index contributed by atoms with van der Waals surface area (Å²) in [6.45, 7) is 11.6. The molecule has 0 saturated carbocycles. The van der Waals surface area contributed by atoms with Gasteiger partial charge < -0.3 is 0 Å². The topological polar surface area (TPSA) is 52.6 Å². The average molecular weight is 282 g/mol. The third kappa shape index (κ3) is 7.12. The molecule has 0 atom stereocenters. The highest BCUT2D eigenvalue weighted by Gasteiger charge is 2.16. The lowest BCUT2D eigenvalue weighted by Gasteiger charge is -2.08. The Labute approximate surface area is 121 Å². The van der Waals surface area contributed by atoms with Crippen LogP contribution in [0.3, 0.4) is 0 Å². The number of carbonyl (C=O) groups excluding carboxylic acids is 2. The van der Waals surface area contributed by atoms with Gasteiger partial charge in [0.2, 0.25) is 0 Å². The van der Waals surface area contributed by atoms with E-state index in [-0.39, 0.29) is 11.8 Å². The van der Waals surface area contributed by atoms with E-state index < -0.39 is 11.9 Å². The quantitative estimate of drug-likeness (QED) is 0.420. The number of rotatable bonds is 6. The monoisotopic (exact) mass is 282 g/mol. The lowest BCUT2D eigenvalue weighted by Crippen LogP contribution is -2.15. The Balaban J connectivity index is 4.61. The summed E-state index contributed by atoms with van der Waals surface area (Å²) in [5.41, 5.74) is 1.03. The van der Waals surface area contributed by atoms with Crippen molar-refractivity contribution in [2.75, 3.05) is 0 Å². The molecule has 0 aromatic heterocycles. The van der Waals surface area contributed by atoms with Gasteiger partial charge in [0.15, 0.2) is 0 Å². The first-order chi connectivity index (χ1) is 9.31. The van der Waals surface area contributed by atoms with Crippen LogP contribution in [0.5, 0.6) is 0 Å². The van der Waals surface area contributed by atoms with Gasteiger partial charge in [-0.2, -0.15) is 0 Å². The van der Waals surface area contributed by atoms with Gasteiger partial charge in [-0.25, -0.2) is 19.4 Å². The van der Waals surface area contributed by atoms with Crippen LogP contribution in [-0.2, 0) is 19.4 Å². The number of carbonyl (C=O) groups is 2. The van der Waals surface area contributed by atoms with E-state index >= 15 is 0 Å². The van der Waals surface area contributed by atoms with Crippen LogP contribution < -0.4 is 0 Å². The molecule has 0 spiro atoms. The van der Waals surface area contributed by atoms with Crippen molar-refractivity contribution in [1.29, 1.82) is 0 Å². The first-order valence-corrected chi connectivity index (χ1v) is 7.16. The predicted molar refractivity (Wildman–Crippen MR) is 78.6 cm³/mol. The molecule has 0 unspecified atom stereocenters. The van der Waals surface area contributed by atoms with Crippen LogP contribution in [0.25, 0.3) is 0 Å². The SMILES string of the molecule is CC/C(=C\C(C)C)C(=O)OOC(=O)/C(=C/C(C)C)CC.